The van der Waals surface area contributed by atoms with E-state index in [1.54, 1.807) is 0 Å². The van der Waals surface area contributed by atoms with E-state index in [0.29, 0.717) is 17.9 Å². The van der Waals surface area contributed by atoms with Gasteiger partial charge in [0.2, 0.25) is 5.91 Å². The molecule has 0 aromatic heterocycles. The number of likely N-dealkylation sites (tertiary alicyclic amines) is 1. The Morgan fingerprint density at radius 1 is 1.12 bits per heavy atom. The molecular formula is C21H20N2O2. The first kappa shape index (κ1) is 14.7. The Bertz CT molecular complexity index is 889. The van der Waals surface area contributed by atoms with Crippen LogP contribution in [0.4, 0.5) is 5.69 Å². The lowest BCUT2D eigenvalue weighted by Crippen LogP contribution is -2.46. The smallest absolute Gasteiger partial charge is 0.254 e. The summed E-state index contributed by atoms with van der Waals surface area (Å²) in [7, 11) is 0. The third kappa shape index (κ3) is 2.28. The highest BCUT2D eigenvalue weighted by Gasteiger charge is 2.40. The first-order valence-electron chi connectivity index (χ1n) is 9.02. The van der Waals surface area contributed by atoms with Crippen LogP contribution in [-0.2, 0) is 17.6 Å². The van der Waals surface area contributed by atoms with E-state index in [1.165, 1.54) is 11.1 Å². The van der Waals surface area contributed by atoms with Crippen molar-refractivity contribution in [3.8, 4) is 0 Å². The van der Waals surface area contributed by atoms with E-state index < -0.39 is 0 Å². The Morgan fingerprint density at radius 2 is 2.00 bits per heavy atom. The molecule has 0 radical (unpaired) electrons. The van der Waals surface area contributed by atoms with Crippen molar-refractivity contribution in [3.05, 3.63) is 64.7 Å². The van der Waals surface area contributed by atoms with Crippen LogP contribution >= 0.6 is 0 Å². The zero-order chi connectivity index (χ0) is 17.0. The van der Waals surface area contributed by atoms with Crippen molar-refractivity contribution in [1.29, 1.82) is 0 Å². The fraction of sp³-hybridized carbons (Fsp3) is 0.333. The number of piperidine rings is 1. The average Bonchev–Trinajstić information content (AvgIpc) is 3.19. The Balaban J connectivity index is 1.45. The molecule has 4 nitrogen and oxygen atoms in total. The van der Waals surface area contributed by atoms with Crippen LogP contribution in [0.25, 0.3) is 0 Å². The molecule has 2 aliphatic heterocycles. The number of hydrogen-bond donors (Lipinski definition) is 1. The molecule has 0 spiro atoms. The molecule has 1 saturated heterocycles. The van der Waals surface area contributed by atoms with Crippen LogP contribution in [0.3, 0.4) is 0 Å². The van der Waals surface area contributed by atoms with Gasteiger partial charge < -0.3 is 10.2 Å². The van der Waals surface area contributed by atoms with Crippen molar-refractivity contribution >= 4 is 17.5 Å². The number of amides is 2. The van der Waals surface area contributed by atoms with Gasteiger partial charge in [-0.3, -0.25) is 9.59 Å². The molecule has 2 heterocycles. The molecule has 1 N–H and O–H groups in total. The lowest BCUT2D eigenvalue weighted by atomic mass is 9.88. The Kier molecular flexibility index (Phi) is 3.20. The van der Waals surface area contributed by atoms with Crippen LogP contribution < -0.4 is 5.32 Å². The summed E-state index contributed by atoms with van der Waals surface area (Å²) < 4.78 is 0. The van der Waals surface area contributed by atoms with Gasteiger partial charge >= 0.3 is 0 Å². The molecule has 2 amide bonds. The van der Waals surface area contributed by atoms with Gasteiger partial charge in [0.15, 0.2) is 0 Å². The van der Waals surface area contributed by atoms with Crippen molar-refractivity contribution in [3.63, 3.8) is 0 Å². The van der Waals surface area contributed by atoms with Gasteiger partial charge in [-0.1, -0.05) is 30.3 Å². The van der Waals surface area contributed by atoms with Gasteiger partial charge in [0.1, 0.15) is 0 Å². The largest absolute Gasteiger partial charge is 0.335 e. The minimum absolute atomic E-state index is 0.00359. The van der Waals surface area contributed by atoms with Crippen LogP contribution in [0.1, 0.15) is 45.8 Å². The third-order valence-corrected chi connectivity index (χ3v) is 5.91. The summed E-state index contributed by atoms with van der Waals surface area (Å²) in [6.07, 6.45) is 3.57. The van der Waals surface area contributed by atoms with Crippen LogP contribution in [-0.4, -0.2) is 29.3 Å². The topological polar surface area (TPSA) is 49.4 Å². The molecule has 1 fully saturated rings. The standard InChI is InChI=1S/C21H20N2O2/c24-20-12-14-7-8-15(10-18(14)22-20)21(25)23-9-3-6-17-16-5-2-1-4-13(16)11-19(17)23/h1-2,4-5,7-8,10,17,19H,3,6,9,11-12H2,(H,22,24)/t17-,19+/m1/s1. The number of anilines is 1. The molecule has 0 unspecified atom stereocenters. The van der Waals surface area contributed by atoms with Crippen molar-refractivity contribution in [2.75, 3.05) is 11.9 Å². The van der Waals surface area contributed by atoms with Gasteiger partial charge in [0.25, 0.3) is 5.91 Å². The highest BCUT2D eigenvalue weighted by Crippen LogP contribution is 2.42. The molecule has 3 aliphatic rings. The number of benzene rings is 2. The first-order valence-corrected chi connectivity index (χ1v) is 9.02. The highest BCUT2D eigenvalue weighted by atomic mass is 16.2. The van der Waals surface area contributed by atoms with Crippen LogP contribution in [0, 0.1) is 0 Å². The zero-order valence-electron chi connectivity index (χ0n) is 14.0. The summed E-state index contributed by atoms with van der Waals surface area (Å²) in [5.41, 5.74) is 5.26. The molecule has 2 aromatic rings. The van der Waals surface area contributed by atoms with Gasteiger partial charge in [0, 0.05) is 29.8 Å². The van der Waals surface area contributed by atoms with E-state index in [1.807, 2.05) is 18.2 Å². The van der Waals surface area contributed by atoms with Gasteiger partial charge in [-0.2, -0.15) is 0 Å². The fourth-order valence-corrected chi connectivity index (χ4v) is 4.74. The third-order valence-electron chi connectivity index (χ3n) is 5.91. The minimum atomic E-state index is 0.00359. The molecule has 2 atom stereocenters. The van der Waals surface area contributed by atoms with Crippen LogP contribution in [0.2, 0.25) is 0 Å². The van der Waals surface area contributed by atoms with E-state index in [2.05, 4.69) is 34.5 Å². The molecule has 25 heavy (non-hydrogen) atoms. The summed E-state index contributed by atoms with van der Waals surface area (Å²) >= 11 is 0. The van der Waals surface area contributed by atoms with Crippen LogP contribution in [0.15, 0.2) is 42.5 Å². The number of rotatable bonds is 1. The maximum absolute atomic E-state index is 13.2. The quantitative estimate of drug-likeness (QED) is 0.872. The predicted octanol–water partition coefficient (Wildman–Crippen LogP) is 3.13. The Morgan fingerprint density at radius 3 is 2.92 bits per heavy atom. The van der Waals surface area contributed by atoms with Crippen molar-refractivity contribution < 1.29 is 9.59 Å². The summed E-state index contributed by atoms with van der Waals surface area (Å²) in [5, 5.41) is 2.85. The van der Waals surface area contributed by atoms with Gasteiger partial charge in [0.05, 0.1) is 6.42 Å². The molecule has 0 saturated carbocycles. The van der Waals surface area contributed by atoms with Gasteiger partial charge in [-0.25, -0.2) is 0 Å². The fourth-order valence-electron chi connectivity index (χ4n) is 4.74. The van der Waals surface area contributed by atoms with Crippen molar-refractivity contribution in [2.24, 2.45) is 0 Å². The molecule has 4 heteroatoms. The van der Waals surface area contributed by atoms with Crippen molar-refractivity contribution in [1.82, 2.24) is 4.90 Å². The average molecular weight is 332 g/mol. The second-order valence-corrected chi connectivity index (χ2v) is 7.31. The number of nitrogens with zero attached hydrogens (tertiary/aromatic N) is 1. The minimum Gasteiger partial charge on any atom is -0.335 e. The molecule has 5 rings (SSSR count). The molecular weight excluding hydrogens is 312 g/mol. The molecule has 0 bridgehead atoms. The number of fused-ring (bicyclic) bond motifs is 4. The van der Waals surface area contributed by atoms with Gasteiger partial charge in [-0.15, -0.1) is 0 Å². The van der Waals surface area contributed by atoms with E-state index in [4.69, 9.17) is 0 Å². The summed E-state index contributed by atoms with van der Waals surface area (Å²) in [4.78, 5) is 26.8. The summed E-state index contributed by atoms with van der Waals surface area (Å²) in [5.74, 6) is 0.554. The normalized spacial score (nSPS) is 23.7. The molecule has 126 valence electrons. The van der Waals surface area contributed by atoms with E-state index in [9.17, 15) is 9.59 Å². The molecule has 1 aliphatic carbocycles. The zero-order valence-corrected chi connectivity index (χ0v) is 14.0. The second kappa shape index (κ2) is 5.45. The number of carbonyl (C=O) groups excluding carboxylic acids is 2. The first-order chi connectivity index (χ1) is 12.2. The second-order valence-electron chi connectivity index (χ2n) is 7.31. The number of nitrogens with one attached hydrogen (secondary N) is 1. The lowest BCUT2D eigenvalue weighted by molar-refractivity contribution is -0.115. The summed E-state index contributed by atoms with van der Waals surface area (Å²) in [6, 6.07) is 14.5. The maximum atomic E-state index is 13.2. The van der Waals surface area contributed by atoms with Gasteiger partial charge in [-0.05, 0) is 48.1 Å². The Labute approximate surface area is 146 Å². The SMILES string of the molecule is O=C1Cc2ccc(C(=O)N3CCC[C@@H]4c5ccccc5C[C@@H]43)cc2N1. The predicted molar refractivity (Wildman–Crippen MR) is 95.7 cm³/mol. The summed E-state index contributed by atoms with van der Waals surface area (Å²) in [6.45, 7) is 0.817. The lowest BCUT2D eigenvalue weighted by Gasteiger charge is -2.38. The van der Waals surface area contributed by atoms with Crippen molar-refractivity contribution in [2.45, 2.75) is 37.6 Å². The Hall–Kier alpha value is -2.62. The number of carbonyl (C=O) groups is 2. The monoisotopic (exact) mass is 332 g/mol. The highest BCUT2D eigenvalue weighted by molar-refractivity contribution is 6.02. The molecule has 2 aromatic carbocycles. The van der Waals surface area contributed by atoms with Crippen LogP contribution in [0.5, 0.6) is 0 Å². The van der Waals surface area contributed by atoms with E-state index in [0.717, 1.165) is 37.1 Å². The van der Waals surface area contributed by atoms with E-state index >= 15 is 0 Å². The number of hydrogen-bond acceptors (Lipinski definition) is 2. The maximum Gasteiger partial charge on any atom is 0.254 e. The van der Waals surface area contributed by atoms with E-state index in [-0.39, 0.29) is 17.9 Å².